The first-order chi connectivity index (χ1) is 8.66. The molecule has 0 aromatic heterocycles. The van der Waals surface area contributed by atoms with E-state index in [9.17, 15) is 0 Å². The van der Waals surface area contributed by atoms with Gasteiger partial charge < -0.3 is 15.5 Å². The van der Waals surface area contributed by atoms with Gasteiger partial charge in [-0.15, -0.1) is 0 Å². The molecule has 1 unspecified atom stereocenters. The van der Waals surface area contributed by atoms with Crippen molar-refractivity contribution in [3.05, 3.63) is 22.7 Å². The molecule has 0 saturated carbocycles. The third kappa shape index (κ3) is 3.62. The zero-order chi connectivity index (χ0) is 13.0. The second-order valence-electron chi connectivity index (χ2n) is 5.08. The van der Waals surface area contributed by atoms with Gasteiger partial charge >= 0.3 is 0 Å². The normalized spacial score (nSPS) is 20.3. The summed E-state index contributed by atoms with van der Waals surface area (Å²) in [6, 6.07) is 7.00. The molecule has 2 N–H and O–H groups in total. The van der Waals surface area contributed by atoms with Crippen molar-refractivity contribution in [2.24, 2.45) is 0 Å². The number of nitrogens with one attached hydrogen (secondary N) is 2. The molecule has 0 amide bonds. The van der Waals surface area contributed by atoms with E-state index in [2.05, 4.69) is 63.8 Å². The lowest BCUT2D eigenvalue weighted by molar-refractivity contribution is 0.637. The summed E-state index contributed by atoms with van der Waals surface area (Å²) in [5, 5.41) is 7.15. The van der Waals surface area contributed by atoms with Gasteiger partial charge in [0.15, 0.2) is 0 Å². The average molecular weight is 312 g/mol. The summed E-state index contributed by atoms with van der Waals surface area (Å²) < 4.78 is 1.13. The fourth-order valence-corrected chi connectivity index (χ4v) is 2.76. The predicted octanol–water partition coefficient (Wildman–Crippen LogP) is 3.07. The van der Waals surface area contributed by atoms with Gasteiger partial charge in [-0.05, 0) is 50.6 Å². The van der Waals surface area contributed by atoms with Crippen molar-refractivity contribution in [2.45, 2.75) is 25.3 Å². The van der Waals surface area contributed by atoms with Crippen LogP contribution in [0.2, 0.25) is 0 Å². The molecule has 4 heteroatoms. The van der Waals surface area contributed by atoms with Crippen LogP contribution in [0.1, 0.15) is 19.3 Å². The van der Waals surface area contributed by atoms with E-state index in [1.165, 1.54) is 30.6 Å². The van der Waals surface area contributed by atoms with Crippen LogP contribution in [-0.4, -0.2) is 33.2 Å². The van der Waals surface area contributed by atoms with Gasteiger partial charge in [0.2, 0.25) is 0 Å². The molecule has 1 fully saturated rings. The quantitative estimate of drug-likeness (QED) is 0.898. The van der Waals surface area contributed by atoms with E-state index in [-0.39, 0.29) is 0 Å². The van der Waals surface area contributed by atoms with E-state index in [0.717, 1.165) is 17.6 Å². The molecule has 2 rings (SSSR count). The Kier molecular flexibility index (Phi) is 4.89. The molecule has 3 nitrogen and oxygen atoms in total. The molecular weight excluding hydrogens is 290 g/mol. The van der Waals surface area contributed by atoms with Crippen LogP contribution in [0.5, 0.6) is 0 Å². The van der Waals surface area contributed by atoms with Crippen LogP contribution in [0.3, 0.4) is 0 Å². The minimum atomic E-state index is 0.577. The zero-order valence-corrected chi connectivity index (χ0v) is 12.8. The van der Waals surface area contributed by atoms with Gasteiger partial charge in [0.1, 0.15) is 0 Å². The van der Waals surface area contributed by atoms with Crippen LogP contribution < -0.4 is 15.5 Å². The maximum atomic E-state index is 3.70. The van der Waals surface area contributed by atoms with Crippen LogP contribution in [-0.2, 0) is 0 Å². The summed E-state index contributed by atoms with van der Waals surface area (Å²) in [4.78, 5) is 2.16. The first-order valence-corrected chi connectivity index (χ1v) is 7.40. The van der Waals surface area contributed by atoms with Crippen molar-refractivity contribution >= 4 is 27.3 Å². The molecule has 0 spiro atoms. The Labute approximate surface area is 118 Å². The summed E-state index contributed by atoms with van der Waals surface area (Å²) in [6.45, 7) is 2.26. The Balaban J connectivity index is 2.13. The molecule has 1 aromatic rings. The number of nitrogens with zero attached hydrogens (tertiary/aromatic N) is 1. The number of halogens is 1. The lowest BCUT2D eigenvalue weighted by Gasteiger charge is -2.23. The lowest BCUT2D eigenvalue weighted by atomic mass is 10.1. The summed E-state index contributed by atoms with van der Waals surface area (Å²) >= 11 is 3.55. The second-order valence-corrected chi connectivity index (χ2v) is 5.99. The Morgan fingerprint density at radius 1 is 1.28 bits per heavy atom. The number of hydrogen-bond acceptors (Lipinski definition) is 3. The van der Waals surface area contributed by atoms with E-state index < -0.39 is 0 Å². The first kappa shape index (κ1) is 13.7. The Hall–Kier alpha value is -0.740. The molecule has 1 aliphatic heterocycles. The van der Waals surface area contributed by atoms with E-state index >= 15 is 0 Å². The van der Waals surface area contributed by atoms with Gasteiger partial charge in [-0.2, -0.15) is 0 Å². The minimum absolute atomic E-state index is 0.577. The molecular formula is C14H22BrN3. The number of anilines is 2. The summed E-state index contributed by atoms with van der Waals surface area (Å²) in [5.41, 5.74) is 2.47. The van der Waals surface area contributed by atoms with Gasteiger partial charge in [0.25, 0.3) is 0 Å². The predicted molar refractivity (Wildman–Crippen MR) is 82.6 cm³/mol. The molecule has 1 aliphatic rings. The van der Waals surface area contributed by atoms with Crippen molar-refractivity contribution in [3.63, 3.8) is 0 Å². The van der Waals surface area contributed by atoms with Gasteiger partial charge in [0.05, 0.1) is 11.4 Å². The highest BCUT2D eigenvalue weighted by Crippen LogP contribution is 2.29. The zero-order valence-electron chi connectivity index (χ0n) is 11.2. The molecule has 1 heterocycles. The Morgan fingerprint density at radius 2 is 2.11 bits per heavy atom. The SMILES string of the molecule is CN(C)c1ccc(Br)cc1NC1CCCNCC1. The highest BCUT2D eigenvalue weighted by atomic mass is 79.9. The summed E-state index contributed by atoms with van der Waals surface area (Å²) in [5.74, 6) is 0. The average Bonchev–Trinajstić information content (AvgIpc) is 2.57. The van der Waals surface area contributed by atoms with E-state index in [1.54, 1.807) is 0 Å². The fraction of sp³-hybridized carbons (Fsp3) is 0.571. The number of rotatable bonds is 3. The lowest BCUT2D eigenvalue weighted by Crippen LogP contribution is -2.23. The van der Waals surface area contributed by atoms with Crippen LogP contribution in [0, 0.1) is 0 Å². The molecule has 1 aromatic carbocycles. The maximum Gasteiger partial charge on any atom is 0.0597 e. The number of benzene rings is 1. The molecule has 1 saturated heterocycles. The van der Waals surface area contributed by atoms with Crippen molar-refractivity contribution in [2.75, 3.05) is 37.4 Å². The topological polar surface area (TPSA) is 27.3 Å². The van der Waals surface area contributed by atoms with Crippen LogP contribution in [0.4, 0.5) is 11.4 Å². The molecule has 1 atom stereocenters. The van der Waals surface area contributed by atoms with E-state index in [4.69, 9.17) is 0 Å². The van der Waals surface area contributed by atoms with Crippen LogP contribution in [0.25, 0.3) is 0 Å². The summed E-state index contributed by atoms with van der Waals surface area (Å²) in [6.07, 6.45) is 3.69. The molecule has 0 radical (unpaired) electrons. The van der Waals surface area contributed by atoms with Gasteiger partial charge in [-0.25, -0.2) is 0 Å². The van der Waals surface area contributed by atoms with Crippen molar-refractivity contribution in [1.29, 1.82) is 0 Å². The Bertz CT molecular complexity index is 385. The standard InChI is InChI=1S/C14H22BrN3/c1-18(2)14-6-5-11(15)10-13(14)17-12-4-3-8-16-9-7-12/h5-6,10,12,16-17H,3-4,7-9H2,1-2H3. The first-order valence-electron chi connectivity index (χ1n) is 6.61. The van der Waals surface area contributed by atoms with Crippen molar-refractivity contribution in [3.8, 4) is 0 Å². The van der Waals surface area contributed by atoms with Crippen LogP contribution in [0.15, 0.2) is 22.7 Å². The highest BCUT2D eigenvalue weighted by molar-refractivity contribution is 9.10. The smallest absolute Gasteiger partial charge is 0.0597 e. The van der Waals surface area contributed by atoms with Gasteiger partial charge in [0, 0.05) is 24.6 Å². The third-order valence-corrected chi connectivity index (χ3v) is 3.87. The third-order valence-electron chi connectivity index (χ3n) is 3.38. The number of hydrogen-bond donors (Lipinski definition) is 2. The summed E-state index contributed by atoms with van der Waals surface area (Å²) in [7, 11) is 4.17. The maximum absolute atomic E-state index is 3.70. The minimum Gasteiger partial charge on any atom is -0.381 e. The van der Waals surface area contributed by atoms with Gasteiger partial charge in [-0.1, -0.05) is 15.9 Å². The largest absolute Gasteiger partial charge is 0.381 e. The highest BCUT2D eigenvalue weighted by Gasteiger charge is 2.14. The van der Waals surface area contributed by atoms with Crippen molar-refractivity contribution < 1.29 is 0 Å². The monoisotopic (exact) mass is 311 g/mol. The molecule has 0 bridgehead atoms. The van der Waals surface area contributed by atoms with E-state index in [0.29, 0.717) is 6.04 Å². The van der Waals surface area contributed by atoms with Crippen LogP contribution >= 0.6 is 15.9 Å². The van der Waals surface area contributed by atoms with Crippen molar-refractivity contribution in [1.82, 2.24) is 5.32 Å². The molecule has 0 aliphatic carbocycles. The fourth-order valence-electron chi connectivity index (χ4n) is 2.40. The van der Waals surface area contributed by atoms with E-state index in [1.807, 2.05) is 0 Å². The van der Waals surface area contributed by atoms with Gasteiger partial charge in [-0.3, -0.25) is 0 Å². The second kappa shape index (κ2) is 6.43. The molecule has 100 valence electrons. The molecule has 18 heavy (non-hydrogen) atoms. The Morgan fingerprint density at radius 3 is 2.89 bits per heavy atom.